The minimum Gasteiger partial charge on any atom is -0.300 e. The topological polar surface area (TPSA) is 34.9 Å². The monoisotopic (exact) mass is 206 g/mol. The van der Waals surface area contributed by atoms with Gasteiger partial charge < -0.3 is 0 Å². The number of carbonyl (C=O) groups excluding carboxylic acids is 1. The van der Waals surface area contributed by atoms with Gasteiger partial charge in [0.2, 0.25) is 0 Å². The molecule has 0 aromatic carbocycles. The lowest BCUT2D eigenvalue weighted by atomic mass is 9.92. The molecule has 0 radical (unpaired) electrons. The Balaban J connectivity index is 2.21. The number of carbonyl (C=O) groups is 1. The van der Waals surface area contributed by atoms with Crippen molar-refractivity contribution in [2.24, 2.45) is 7.05 Å². The van der Waals surface area contributed by atoms with Crippen LogP contribution in [0.15, 0.2) is 6.20 Å². The van der Waals surface area contributed by atoms with Gasteiger partial charge in [-0.3, -0.25) is 9.48 Å². The zero-order chi connectivity index (χ0) is 10.8. The van der Waals surface area contributed by atoms with E-state index in [9.17, 15) is 4.79 Å². The molecule has 1 aromatic heterocycles. The SMILES string of the molecule is Cc1nn(C)cc1C1CCCCC(=O)C1. The molecular weight excluding hydrogens is 188 g/mol. The first-order valence-electron chi connectivity index (χ1n) is 5.68. The third kappa shape index (κ3) is 2.28. The van der Waals surface area contributed by atoms with Gasteiger partial charge in [0.05, 0.1) is 5.69 Å². The van der Waals surface area contributed by atoms with E-state index in [0.29, 0.717) is 18.1 Å². The van der Waals surface area contributed by atoms with E-state index >= 15 is 0 Å². The van der Waals surface area contributed by atoms with E-state index in [2.05, 4.69) is 11.3 Å². The molecule has 0 saturated heterocycles. The van der Waals surface area contributed by atoms with Crippen LogP contribution in [0.5, 0.6) is 0 Å². The van der Waals surface area contributed by atoms with Crippen LogP contribution in [0.1, 0.15) is 49.3 Å². The smallest absolute Gasteiger partial charge is 0.133 e. The number of nitrogens with zero attached hydrogens (tertiary/aromatic N) is 2. The minimum atomic E-state index is 0.411. The summed E-state index contributed by atoms with van der Waals surface area (Å²) in [6.07, 6.45) is 6.93. The summed E-state index contributed by atoms with van der Waals surface area (Å²) < 4.78 is 1.85. The quantitative estimate of drug-likeness (QED) is 0.661. The third-order valence-electron chi connectivity index (χ3n) is 3.22. The molecule has 1 heterocycles. The Bertz CT molecular complexity index is 368. The van der Waals surface area contributed by atoms with Gasteiger partial charge in [-0.25, -0.2) is 0 Å². The van der Waals surface area contributed by atoms with E-state index in [4.69, 9.17) is 0 Å². The maximum absolute atomic E-state index is 11.6. The molecular formula is C12H18N2O. The molecule has 1 aliphatic rings. The second kappa shape index (κ2) is 4.17. The van der Waals surface area contributed by atoms with Crippen molar-refractivity contribution in [3.63, 3.8) is 0 Å². The van der Waals surface area contributed by atoms with Crippen LogP contribution in [0.25, 0.3) is 0 Å². The zero-order valence-corrected chi connectivity index (χ0v) is 9.49. The first-order valence-corrected chi connectivity index (χ1v) is 5.68. The number of Topliss-reactive ketones (excluding diaryl/α,β-unsaturated/α-hetero) is 1. The fourth-order valence-corrected chi connectivity index (χ4v) is 2.48. The minimum absolute atomic E-state index is 0.411. The van der Waals surface area contributed by atoms with E-state index < -0.39 is 0 Å². The highest BCUT2D eigenvalue weighted by Gasteiger charge is 2.22. The van der Waals surface area contributed by atoms with Crippen LogP contribution in [0.4, 0.5) is 0 Å². The van der Waals surface area contributed by atoms with Crippen LogP contribution in [-0.2, 0) is 11.8 Å². The third-order valence-corrected chi connectivity index (χ3v) is 3.22. The molecule has 0 bridgehead atoms. The van der Waals surface area contributed by atoms with Gasteiger partial charge in [-0.1, -0.05) is 6.42 Å². The molecule has 3 heteroatoms. The average Bonchev–Trinajstić information content (AvgIpc) is 2.38. The molecule has 0 amide bonds. The van der Waals surface area contributed by atoms with Gasteiger partial charge in [0.25, 0.3) is 0 Å². The van der Waals surface area contributed by atoms with Gasteiger partial charge in [0, 0.05) is 26.1 Å². The van der Waals surface area contributed by atoms with Crippen molar-refractivity contribution in [3.8, 4) is 0 Å². The van der Waals surface area contributed by atoms with Crippen molar-refractivity contribution < 1.29 is 4.79 Å². The molecule has 1 saturated carbocycles. The molecule has 0 N–H and O–H groups in total. The van der Waals surface area contributed by atoms with E-state index in [1.54, 1.807) is 0 Å². The zero-order valence-electron chi connectivity index (χ0n) is 9.49. The lowest BCUT2D eigenvalue weighted by Crippen LogP contribution is -2.04. The van der Waals surface area contributed by atoms with Gasteiger partial charge in [0.15, 0.2) is 0 Å². The average molecular weight is 206 g/mol. The van der Waals surface area contributed by atoms with Crippen molar-refractivity contribution in [1.82, 2.24) is 9.78 Å². The second-order valence-corrected chi connectivity index (χ2v) is 4.53. The number of ketones is 1. The van der Waals surface area contributed by atoms with Gasteiger partial charge in [0.1, 0.15) is 5.78 Å². The highest BCUT2D eigenvalue weighted by atomic mass is 16.1. The van der Waals surface area contributed by atoms with Crippen LogP contribution < -0.4 is 0 Å². The summed E-state index contributed by atoms with van der Waals surface area (Å²) in [7, 11) is 1.94. The molecule has 1 aliphatic carbocycles. The van der Waals surface area contributed by atoms with Crippen molar-refractivity contribution in [2.45, 2.75) is 44.9 Å². The van der Waals surface area contributed by atoms with Gasteiger partial charge >= 0.3 is 0 Å². The van der Waals surface area contributed by atoms with Crippen molar-refractivity contribution >= 4 is 5.78 Å². The van der Waals surface area contributed by atoms with Crippen molar-refractivity contribution in [3.05, 3.63) is 17.5 Å². The van der Waals surface area contributed by atoms with Gasteiger partial charge in [-0.05, 0) is 31.2 Å². The highest BCUT2D eigenvalue weighted by Crippen LogP contribution is 2.31. The molecule has 1 fully saturated rings. The standard InChI is InChI=1S/C12H18N2O/c1-9-12(8-14(2)13-9)10-5-3-4-6-11(15)7-10/h8,10H,3-7H2,1-2H3. The summed E-state index contributed by atoms with van der Waals surface area (Å²) in [5, 5.41) is 4.35. The molecule has 15 heavy (non-hydrogen) atoms. The van der Waals surface area contributed by atoms with Crippen LogP contribution in [0.3, 0.4) is 0 Å². The van der Waals surface area contributed by atoms with E-state index in [-0.39, 0.29) is 0 Å². The summed E-state index contributed by atoms with van der Waals surface area (Å²) in [5.41, 5.74) is 2.35. The lowest BCUT2D eigenvalue weighted by Gasteiger charge is -2.11. The Morgan fingerprint density at radius 3 is 2.93 bits per heavy atom. The van der Waals surface area contributed by atoms with Gasteiger partial charge in [-0.15, -0.1) is 0 Å². The maximum Gasteiger partial charge on any atom is 0.133 e. The Labute approximate surface area is 90.5 Å². The molecule has 1 aromatic rings. The summed E-state index contributed by atoms with van der Waals surface area (Å²) in [6, 6.07) is 0. The molecule has 1 atom stereocenters. The molecule has 0 spiro atoms. The first kappa shape index (κ1) is 10.4. The molecule has 1 unspecified atom stereocenters. The molecule has 2 rings (SSSR count). The highest BCUT2D eigenvalue weighted by molar-refractivity contribution is 5.79. The fraction of sp³-hybridized carbons (Fsp3) is 0.667. The Morgan fingerprint density at radius 1 is 1.47 bits per heavy atom. The number of hydrogen-bond donors (Lipinski definition) is 0. The summed E-state index contributed by atoms with van der Waals surface area (Å²) in [6.45, 7) is 2.03. The predicted octanol–water partition coefficient (Wildman–Crippen LogP) is 2.35. The van der Waals surface area contributed by atoms with E-state index in [0.717, 1.165) is 25.0 Å². The largest absolute Gasteiger partial charge is 0.300 e. The van der Waals surface area contributed by atoms with Gasteiger partial charge in [-0.2, -0.15) is 5.10 Å². The van der Waals surface area contributed by atoms with E-state index in [1.807, 2.05) is 18.7 Å². The number of aromatic nitrogens is 2. The van der Waals surface area contributed by atoms with Crippen LogP contribution >= 0.6 is 0 Å². The van der Waals surface area contributed by atoms with Crippen LogP contribution in [-0.4, -0.2) is 15.6 Å². The first-order chi connectivity index (χ1) is 7.16. The summed E-state index contributed by atoms with van der Waals surface area (Å²) in [5.74, 6) is 0.828. The number of aryl methyl sites for hydroxylation is 2. The van der Waals surface area contributed by atoms with E-state index in [1.165, 1.54) is 12.0 Å². The Hall–Kier alpha value is -1.12. The predicted molar refractivity (Wildman–Crippen MR) is 58.8 cm³/mol. The van der Waals surface area contributed by atoms with Crippen LogP contribution in [0, 0.1) is 6.92 Å². The van der Waals surface area contributed by atoms with Crippen molar-refractivity contribution in [2.75, 3.05) is 0 Å². The number of hydrogen-bond acceptors (Lipinski definition) is 2. The maximum atomic E-state index is 11.6. The summed E-state index contributed by atoms with van der Waals surface area (Å²) in [4.78, 5) is 11.6. The summed E-state index contributed by atoms with van der Waals surface area (Å²) >= 11 is 0. The Kier molecular flexibility index (Phi) is 2.89. The Morgan fingerprint density at radius 2 is 2.27 bits per heavy atom. The fourth-order valence-electron chi connectivity index (χ4n) is 2.48. The molecule has 82 valence electrons. The van der Waals surface area contributed by atoms with Crippen molar-refractivity contribution in [1.29, 1.82) is 0 Å². The van der Waals surface area contributed by atoms with Crippen LogP contribution in [0.2, 0.25) is 0 Å². The molecule has 3 nitrogen and oxygen atoms in total. The lowest BCUT2D eigenvalue weighted by molar-refractivity contribution is -0.119. The molecule has 0 aliphatic heterocycles. The number of rotatable bonds is 1. The normalized spacial score (nSPS) is 22.8. The second-order valence-electron chi connectivity index (χ2n) is 4.53.